The van der Waals surface area contributed by atoms with Gasteiger partial charge in [0.05, 0.1) is 23.6 Å². The molecule has 0 fully saturated rings. The Morgan fingerprint density at radius 2 is 1.83 bits per heavy atom. The lowest BCUT2D eigenvalue weighted by Crippen LogP contribution is -2.19. The number of amides is 1. The van der Waals surface area contributed by atoms with Gasteiger partial charge in [-0.3, -0.25) is 4.79 Å². The maximum atomic E-state index is 12.0. The van der Waals surface area contributed by atoms with Gasteiger partial charge in [0.2, 0.25) is 5.91 Å². The average molecular weight is 436 g/mol. The zero-order valence-corrected chi connectivity index (χ0v) is 17.5. The Labute approximate surface area is 184 Å². The smallest absolute Gasteiger partial charge is 0.250 e. The van der Waals surface area contributed by atoms with Crippen LogP contribution in [0, 0.1) is 11.3 Å². The molecule has 1 N–H and O–H groups in total. The van der Waals surface area contributed by atoms with Gasteiger partial charge < -0.3 is 4.74 Å². The lowest BCUT2D eigenvalue weighted by molar-refractivity contribution is -0.118. The van der Waals surface area contributed by atoms with Crippen LogP contribution in [0.3, 0.4) is 0 Å². The van der Waals surface area contributed by atoms with Gasteiger partial charge in [0.1, 0.15) is 12.4 Å². The Morgan fingerprint density at radius 1 is 1.10 bits per heavy atom. The molecule has 3 aromatic carbocycles. The highest BCUT2D eigenvalue weighted by molar-refractivity contribution is 8.00. The van der Waals surface area contributed by atoms with Gasteiger partial charge in [0, 0.05) is 21.0 Å². The van der Waals surface area contributed by atoms with Crippen molar-refractivity contribution in [3.63, 3.8) is 0 Å². The van der Waals surface area contributed by atoms with E-state index in [2.05, 4.69) is 16.6 Å². The number of para-hydroxylation sites is 1. The topological polar surface area (TPSA) is 74.5 Å². The zero-order chi connectivity index (χ0) is 21.2. The van der Waals surface area contributed by atoms with Crippen molar-refractivity contribution < 1.29 is 9.53 Å². The lowest BCUT2D eigenvalue weighted by Gasteiger charge is -2.10. The summed E-state index contributed by atoms with van der Waals surface area (Å²) in [5.74, 6) is 0.633. The van der Waals surface area contributed by atoms with Crippen molar-refractivity contribution >= 4 is 35.5 Å². The second-order valence-corrected chi connectivity index (χ2v) is 7.62. The molecule has 0 heterocycles. The van der Waals surface area contributed by atoms with Gasteiger partial charge in [0.25, 0.3) is 0 Å². The fourth-order valence-corrected chi connectivity index (χ4v) is 3.33. The number of carbonyl (C=O) groups is 1. The maximum absolute atomic E-state index is 12.0. The van der Waals surface area contributed by atoms with Crippen molar-refractivity contribution in [2.75, 3.05) is 5.75 Å². The second kappa shape index (κ2) is 11.1. The molecule has 30 heavy (non-hydrogen) atoms. The number of hydrogen-bond acceptors (Lipinski definition) is 5. The summed E-state index contributed by atoms with van der Waals surface area (Å²) in [4.78, 5) is 13.0. The van der Waals surface area contributed by atoms with Crippen molar-refractivity contribution in [1.29, 1.82) is 5.26 Å². The molecule has 3 aromatic rings. The monoisotopic (exact) mass is 435 g/mol. The molecule has 0 aliphatic carbocycles. The number of rotatable bonds is 8. The molecule has 0 bridgehead atoms. The Balaban J connectivity index is 1.55. The summed E-state index contributed by atoms with van der Waals surface area (Å²) in [7, 11) is 0. The molecule has 0 aliphatic rings. The van der Waals surface area contributed by atoms with Crippen LogP contribution in [0.1, 0.15) is 16.7 Å². The van der Waals surface area contributed by atoms with Gasteiger partial charge in [0.15, 0.2) is 0 Å². The van der Waals surface area contributed by atoms with E-state index in [0.29, 0.717) is 16.3 Å². The van der Waals surface area contributed by atoms with Crippen LogP contribution in [0.15, 0.2) is 82.8 Å². The van der Waals surface area contributed by atoms with Gasteiger partial charge in [-0.1, -0.05) is 41.9 Å². The summed E-state index contributed by atoms with van der Waals surface area (Å²) in [6.45, 7) is 0.263. The highest BCUT2D eigenvalue weighted by Crippen LogP contribution is 2.20. The van der Waals surface area contributed by atoms with Gasteiger partial charge in [-0.2, -0.15) is 10.4 Å². The summed E-state index contributed by atoms with van der Waals surface area (Å²) in [5.41, 5.74) is 4.62. The quantitative estimate of drug-likeness (QED) is 0.306. The molecule has 0 unspecified atom stereocenters. The first-order chi connectivity index (χ1) is 14.7. The first kappa shape index (κ1) is 21.4. The molecule has 0 radical (unpaired) electrons. The number of hydrazone groups is 1. The minimum Gasteiger partial charge on any atom is -0.488 e. The van der Waals surface area contributed by atoms with Crippen molar-refractivity contribution in [2.45, 2.75) is 11.5 Å². The second-order valence-electron chi connectivity index (χ2n) is 6.13. The van der Waals surface area contributed by atoms with E-state index in [1.54, 1.807) is 18.2 Å². The highest BCUT2D eigenvalue weighted by atomic mass is 35.5. The third kappa shape index (κ3) is 6.38. The Hall–Kier alpha value is -3.27. The van der Waals surface area contributed by atoms with E-state index in [0.717, 1.165) is 16.0 Å². The third-order valence-corrected chi connectivity index (χ3v) is 5.28. The summed E-state index contributed by atoms with van der Waals surface area (Å²) < 4.78 is 5.87. The Bertz CT molecular complexity index is 1080. The Kier molecular flexibility index (Phi) is 7.90. The number of carbonyl (C=O) groups excluding carboxylic acids is 1. The summed E-state index contributed by atoms with van der Waals surface area (Å²) in [5, 5.41) is 13.9. The molecule has 0 spiro atoms. The van der Waals surface area contributed by atoms with E-state index in [9.17, 15) is 10.1 Å². The molecule has 3 rings (SSSR count). The van der Waals surface area contributed by atoms with Crippen LogP contribution in [-0.4, -0.2) is 17.9 Å². The van der Waals surface area contributed by atoms with Crippen molar-refractivity contribution in [2.24, 2.45) is 5.10 Å². The molecular formula is C23H18ClN3O2S. The van der Waals surface area contributed by atoms with Crippen LogP contribution in [0.5, 0.6) is 5.75 Å². The van der Waals surface area contributed by atoms with Crippen LogP contribution in [0.2, 0.25) is 5.02 Å². The number of benzene rings is 3. The van der Waals surface area contributed by atoms with E-state index in [-0.39, 0.29) is 18.3 Å². The van der Waals surface area contributed by atoms with Gasteiger partial charge >= 0.3 is 0 Å². The third-order valence-electron chi connectivity index (χ3n) is 4.02. The van der Waals surface area contributed by atoms with E-state index in [4.69, 9.17) is 16.3 Å². The summed E-state index contributed by atoms with van der Waals surface area (Å²) in [6.07, 6.45) is 1.54. The molecule has 0 aliphatic heterocycles. The fraction of sp³-hybridized carbons (Fsp3) is 0.0870. The first-order valence-corrected chi connectivity index (χ1v) is 10.4. The molecule has 150 valence electrons. The largest absolute Gasteiger partial charge is 0.488 e. The fourth-order valence-electron chi connectivity index (χ4n) is 2.52. The number of nitriles is 1. The molecule has 0 saturated carbocycles. The predicted octanol–water partition coefficient (Wildman–Crippen LogP) is 5.03. The average Bonchev–Trinajstić information content (AvgIpc) is 2.78. The van der Waals surface area contributed by atoms with Crippen LogP contribution in [-0.2, 0) is 11.4 Å². The van der Waals surface area contributed by atoms with Crippen LogP contribution < -0.4 is 10.2 Å². The predicted molar refractivity (Wildman–Crippen MR) is 120 cm³/mol. The summed E-state index contributed by atoms with van der Waals surface area (Å²) >= 11 is 7.25. The molecule has 1 amide bonds. The van der Waals surface area contributed by atoms with Crippen LogP contribution in [0.4, 0.5) is 0 Å². The molecule has 0 atom stereocenters. The number of ether oxygens (including phenoxy) is 1. The van der Waals surface area contributed by atoms with Gasteiger partial charge in [-0.05, 0) is 42.5 Å². The molecule has 5 nitrogen and oxygen atoms in total. The van der Waals surface area contributed by atoms with Crippen molar-refractivity contribution in [3.05, 3.63) is 94.5 Å². The Morgan fingerprint density at radius 3 is 2.63 bits per heavy atom. The van der Waals surface area contributed by atoms with Crippen LogP contribution in [0.25, 0.3) is 0 Å². The van der Waals surface area contributed by atoms with Crippen molar-refractivity contribution in [3.8, 4) is 11.8 Å². The number of hydrogen-bond donors (Lipinski definition) is 1. The maximum Gasteiger partial charge on any atom is 0.250 e. The molecule has 0 aromatic heterocycles. The molecular weight excluding hydrogens is 418 g/mol. The zero-order valence-electron chi connectivity index (χ0n) is 15.9. The van der Waals surface area contributed by atoms with E-state index >= 15 is 0 Å². The van der Waals surface area contributed by atoms with E-state index in [1.165, 1.54) is 18.0 Å². The summed E-state index contributed by atoms with van der Waals surface area (Å²) in [6, 6.07) is 24.1. The van der Waals surface area contributed by atoms with Crippen LogP contribution >= 0.6 is 23.4 Å². The molecule has 7 heteroatoms. The minimum atomic E-state index is -0.215. The minimum absolute atomic E-state index is 0.215. The van der Waals surface area contributed by atoms with Gasteiger partial charge in [-0.25, -0.2) is 5.43 Å². The normalized spacial score (nSPS) is 10.5. The number of nitrogens with one attached hydrogen (secondary N) is 1. The number of thioether (sulfide) groups is 1. The van der Waals surface area contributed by atoms with E-state index in [1.807, 2.05) is 54.6 Å². The highest BCUT2D eigenvalue weighted by Gasteiger charge is 2.06. The van der Waals surface area contributed by atoms with Gasteiger partial charge in [-0.15, -0.1) is 11.8 Å². The van der Waals surface area contributed by atoms with Crippen molar-refractivity contribution in [1.82, 2.24) is 5.43 Å². The number of halogens is 1. The number of nitrogens with zero attached hydrogens (tertiary/aromatic N) is 2. The standard InChI is InChI=1S/C23H18ClN3O2S/c24-20-9-11-21(12-10-20)30-16-23(28)27-26-14-18-6-3-4-8-22(18)29-15-19-7-2-1-5-17(19)13-25/h1-12,14H,15-16H2,(H,27,28)/b26-14-. The lowest BCUT2D eigenvalue weighted by atomic mass is 10.1. The first-order valence-electron chi connectivity index (χ1n) is 9.06. The van der Waals surface area contributed by atoms with E-state index < -0.39 is 0 Å². The molecule has 0 saturated heterocycles. The SMILES string of the molecule is N#Cc1ccccc1COc1ccccc1/C=N\NC(=O)CSc1ccc(Cl)cc1.